The fourth-order valence-electron chi connectivity index (χ4n) is 4.83. The maximum atomic E-state index is 11.7. The van der Waals surface area contributed by atoms with Gasteiger partial charge in [0.25, 0.3) is 0 Å². The largest absolute Gasteiger partial charge is 0.420 e. The number of ether oxygens (including phenoxy) is 1. The number of allylic oxidation sites excluding steroid dienone is 1. The Morgan fingerprint density at radius 1 is 1.05 bits per heavy atom. The second-order valence-electron chi connectivity index (χ2n) is 8.77. The molecule has 0 fully saturated rings. The Balaban J connectivity index is 1.59. The number of carbonyl (C=O) groups is 1. The first-order chi connectivity index (χ1) is 18.0. The van der Waals surface area contributed by atoms with E-state index in [0.717, 1.165) is 21.9 Å². The van der Waals surface area contributed by atoms with Crippen LogP contribution < -0.4 is 16.2 Å². The molecule has 5 aromatic rings. The van der Waals surface area contributed by atoms with E-state index in [1.54, 1.807) is 6.20 Å². The molecule has 0 bridgehead atoms. The molecular weight excluding hydrogens is 466 g/mol. The first-order valence-electron chi connectivity index (χ1n) is 11.6. The first kappa shape index (κ1) is 22.1. The van der Waals surface area contributed by atoms with Crippen LogP contribution in [-0.2, 0) is 11.3 Å². The van der Waals surface area contributed by atoms with Gasteiger partial charge >= 0.3 is 0 Å². The molecule has 1 unspecified atom stereocenters. The minimum absolute atomic E-state index is 0.0294. The number of hydrogen-bond donors (Lipinski definition) is 3. The van der Waals surface area contributed by atoms with Gasteiger partial charge in [-0.1, -0.05) is 66.7 Å². The molecule has 1 aliphatic heterocycles. The molecular formula is C28H21N7O2. The van der Waals surface area contributed by atoms with Gasteiger partial charge in [-0.3, -0.25) is 14.6 Å². The Morgan fingerprint density at radius 3 is 2.57 bits per heavy atom. The fraction of sp³-hybridized carbons (Fsp3) is 0.0714. The van der Waals surface area contributed by atoms with Gasteiger partial charge in [0.15, 0.2) is 0 Å². The van der Waals surface area contributed by atoms with Crippen LogP contribution in [0.4, 0.5) is 0 Å². The smallest absolute Gasteiger partial charge is 0.244 e. The molecule has 0 saturated carbocycles. The normalized spacial score (nSPS) is 14.7. The molecule has 5 N–H and O–H groups in total. The molecule has 3 aromatic carbocycles. The van der Waals surface area contributed by atoms with Gasteiger partial charge in [-0.25, -0.2) is 0 Å². The third-order valence-corrected chi connectivity index (χ3v) is 6.44. The number of nitriles is 1. The summed E-state index contributed by atoms with van der Waals surface area (Å²) in [5, 5.41) is 24.5. The number of primary amides is 1. The zero-order chi connectivity index (χ0) is 25.5. The highest BCUT2D eigenvalue weighted by Gasteiger charge is 2.38. The summed E-state index contributed by atoms with van der Waals surface area (Å²) in [5.74, 6) is -0.924. The predicted octanol–water partition coefficient (Wildman–Crippen LogP) is 3.80. The second-order valence-corrected chi connectivity index (χ2v) is 8.77. The van der Waals surface area contributed by atoms with E-state index in [0.29, 0.717) is 22.5 Å². The third-order valence-electron chi connectivity index (χ3n) is 6.44. The number of carbonyl (C=O) groups excluding carboxylic acids is 1. The predicted molar refractivity (Wildman–Crippen MR) is 138 cm³/mol. The molecule has 1 amide bonds. The second kappa shape index (κ2) is 8.70. The number of aromatic amines is 1. The standard InChI is InChI=1S/C28H21N7O2/c29-13-20-23(21-14-35(15-22(30)36)34-25(21)17-7-2-1-3-8-17)24-26(32-33-28(24)37-27(20)31)19-11-10-16-6-4-5-9-18(16)12-19/h1-12,14,23H,15,31H2,(H2,30,36)(H,32,33). The number of hydrogen-bond acceptors (Lipinski definition) is 6. The van der Waals surface area contributed by atoms with E-state index in [1.807, 2.05) is 66.7 Å². The molecule has 6 rings (SSSR count). The molecule has 9 nitrogen and oxygen atoms in total. The average molecular weight is 488 g/mol. The van der Waals surface area contributed by atoms with Crippen LogP contribution in [0.1, 0.15) is 17.0 Å². The number of H-pyrrole nitrogens is 1. The summed E-state index contributed by atoms with van der Waals surface area (Å²) in [5.41, 5.74) is 16.3. The third kappa shape index (κ3) is 3.77. The molecule has 1 atom stereocenters. The Kier molecular flexibility index (Phi) is 5.20. The number of rotatable bonds is 5. The van der Waals surface area contributed by atoms with E-state index in [1.165, 1.54) is 4.68 Å². The highest BCUT2D eigenvalue weighted by atomic mass is 16.5. The van der Waals surface area contributed by atoms with Gasteiger partial charge in [0.1, 0.15) is 18.2 Å². The molecule has 2 aromatic heterocycles. The molecule has 0 spiro atoms. The zero-order valence-electron chi connectivity index (χ0n) is 19.6. The highest BCUT2D eigenvalue weighted by Crippen LogP contribution is 2.48. The average Bonchev–Trinajstić information content (AvgIpc) is 3.52. The summed E-state index contributed by atoms with van der Waals surface area (Å²) in [6.45, 7) is -0.111. The molecule has 9 heteroatoms. The fourth-order valence-corrected chi connectivity index (χ4v) is 4.83. The Bertz CT molecular complexity index is 1740. The summed E-state index contributed by atoms with van der Waals surface area (Å²) in [6, 6.07) is 25.9. The SMILES string of the molecule is N#CC1=C(N)Oc2n[nH]c(-c3ccc4ccccc4c3)c2C1c1cn(CC(N)=O)nc1-c1ccccc1. The van der Waals surface area contributed by atoms with Gasteiger partial charge < -0.3 is 16.2 Å². The van der Waals surface area contributed by atoms with Crippen LogP contribution >= 0.6 is 0 Å². The van der Waals surface area contributed by atoms with Crippen molar-refractivity contribution in [1.29, 1.82) is 5.26 Å². The molecule has 180 valence electrons. The van der Waals surface area contributed by atoms with Crippen LogP contribution in [0.25, 0.3) is 33.3 Å². The van der Waals surface area contributed by atoms with E-state index in [4.69, 9.17) is 16.2 Å². The molecule has 1 aliphatic rings. The van der Waals surface area contributed by atoms with Crippen LogP contribution in [0.3, 0.4) is 0 Å². The Hall–Kier alpha value is -5.36. The summed E-state index contributed by atoms with van der Waals surface area (Å²) < 4.78 is 7.27. The van der Waals surface area contributed by atoms with E-state index in [-0.39, 0.29) is 23.9 Å². The first-order valence-corrected chi connectivity index (χ1v) is 11.6. The number of aromatic nitrogens is 4. The summed E-state index contributed by atoms with van der Waals surface area (Å²) in [4.78, 5) is 11.7. The number of benzene rings is 3. The van der Waals surface area contributed by atoms with Crippen molar-refractivity contribution < 1.29 is 9.53 Å². The van der Waals surface area contributed by atoms with Crippen LogP contribution in [0.15, 0.2) is 90.4 Å². The highest BCUT2D eigenvalue weighted by molar-refractivity contribution is 5.88. The van der Waals surface area contributed by atoms with Gasteiger partial charge in [-0.05, 0) is 16.8 Å². The number of nitrogens with two attached hydrogens (primary N) is 2. The lowest BCUT2D eigenvalue weighted by Gasteiger charge is -2.24. The molecule has 0 aliphatic carbocycles. The van der Waals surface area contributed by atoms with E-state index < -0.39 is 11.8 Å². The van der Waals surface area contributed by atoms with Gasteiger partial charge in [0.2, 0.25) is 17.7 Å². The zero-order valence-corrected chi connectivity index (χ0v) is 19.6. The quantitative estimate of drug-likeness (QED) is 0.343. The van der Waals surface area contributed by atoms with Crippen LogP contribution in [-0.4, -0.2) is 25.9 Å². The maximum Gasteiger partial charge on any atom is 0.244 e. The van der Waals surface area contributed by atoms with Crippen LogP contribution in [0.5, 0.6) is 5.88 Å². The van der Waals surface area contributed by atoms with Crippen LogP contribution in [0, 0.1) is 11.3 Å². The van der Waals surface area contributed by atoms with Crippen molar-refractivity contribution in [2.45, 2.75) is 12.5 Å². The van der Waals surface area contributed by atoms with Gasteiger partial charge in [-0.15, -0.1) is 5.10 Å². The van der Waals surface area contributed by atoms with E-state index in [2.05, 4.69) is 27.4 Å². The number of amides is 1. The minimum Gasteiger partial charge on any atom is -0.420 e. The number of nitrogens with zero attached hydrogens (tertiary/aromatic N) is 4. The number of fused-ring (bicyclic) bond motifs is 2. The molecule has 0 saturated heterocycles. The summed E-state index contributed by atoms with van der Waals surface area (Å²) in [6.07, 6.45) is 1.73. The summed E-state index contributed by atoms with van der Waals surface area (Å²) >= 11 is 0. The summed E-state index contributed by atoms with van der Waals surface area (Å²) in [7, 11) is 0. The molecule has 0 radical (unpaired) electrons. The van der Waals surface area contributed by atoms with Crippen molar-refractivity contribution in [3.05, 3.63) is 102 Å². The van der Waals surface area contributed by atoms with E-state index >= 15 is 0 Å². The van der Waals surface area contributed by atoms with Crippen molar-refractivity contribution in [1.82, 2.24) is 20.0 Å². The minimum atomic E-state index is -0.647. The van der Waals surface area contributed by atoms with Crippen molar-refractivity contribution in [2.24, 2.45) is 11.5 Å². The molecule has 3 heterocycles. The lowest BCUT2D eigenvalue weighted by molar-refractivity contribution is -0.118. The van der Waals surface area contributed by atoms with E-state index in [9.17, 15) is 10.1 Å². The van der Waals surface area contributed by atoms with Crippen molar-refractivity contribution in [2.75, 3.05) is 0 Å². The Morgan fingerprint density at radius 2 is 1.81 bits per heavy atom. The number of nitrogens with one attached hydrogen (secondary N) is 1. The van der Waals surface area contributed by atoms with Gasteiger partial charge in [0.05, 0.1) is 22.9 Å². The van der Waals surface area contributed by atoms with Crippen molar-refractivity contribution >= 4 is 16.7 Å². The Labute approximate surface area is 211 Å². The monoisotopic (exact) mass is 487 g/mol. The molecule has 37 heavy (non-hydrogen) atoms. The maximum absolute atomic E-state index is 11.7. The van der Waals surface area contributed by atoms with Crippen LogP contribution in [0.2, 0.25) is 0 Å². The van der Waals surface area contributed by atoms with Crippen molar-refractivity contribution in [3.63, 3.8) is 0 Å². The topological polar surface area (TPSA) is 149 Å². The van der Waals surface area contributed by atoms with Crippen molar-refractivity contribution in [3.8, 4) is 34.5 Å². The lowest BCUT2D eigenvalue weighted by Crippen LogP contribution is -2.21. The van der Waals surface area contributed by atoms with Gasteiger partial charge in [0, 0.05) is 22.9 Å². The van der Waals surface area contributed by atoms with Gasteiger partial charge in [-0.2, -0.15) is 10.4 Å². The lowest BCUT2D eigenvalue weighted by atomic mass is 9.82.